The molecular weight excluding hydrogens is 450 g/mol. The Morgan fingerprint density at radius 1 is 0.861 bits per heavy atom. The summed E-state index contributed by atoms with van der Waals surface area (Å²) < 4.78 is 17.2. The molecule has 1 aliphatic carbocycles. The molecule has 1 amide bonds. The number of carbonyl (C=O) groups excluding carboxylic acids is 1. The van der Waals surface area contributed by atoms with Crippen molar-refractivity contribution in [2.24, 2.45) is 0 Å². The van der Waals surface area contributed by atoms with Crippen LogP contribution in [0.2, 0.25) is 0 Å². The lowest BCUT2D eigenvalue weighted by molar-refractivity contribution is -0.0441. The summed E-state index contributed by atoms with van der Waals surface area (Å²) >= 11 is 0. The number of benzene rings is 3. The van der Waals surface area contributed by atoms with Crippen LogP contribution in [0.4, 0.5) is 4.79 Å². The summed E-state index contributed by atoms with van der Waals surface area (Å²) in [5.74, 6) is 0.0845. The van der Waals surface area contributed by atoms with Crippen LogP contribution in [-0.4, -0.2) is 42.9 Å². The van der Waals surface area contributed by atoms with Crippen molar-refractivity contribution in [3.8, 4) is 11.1 Å². The fourth-order valence-electron chi connectivity index (χ4n) is 6.40. The molecule has 3 heterocycles. The Balaban J connectivity index is 1.06. The summed E-state index contributed by atoms with van der Waals surface area (Å²) in [6.45, 7) is 1.66. The largest absolute Gasteiger partial charge is 0.448 e. The van der Waals surface area contributed by atoms with Crippen LogP contribution in [0.15, 0.2) is 78.9 Å². The minimum absolute atomic E-state index is 0.0845. The molecule has 2 atom stereocenters. The van der Waals surface area contributed by atoms with Crippen molar-refractivity contribution in [3.63, 3.8) is 0 Å². The van der Waals surface area contributed by atoms with Crippen molar-refractivity contribution < 1.29 is 19.0 Å². The molecular formula is C31H29NO4. The van der Waals surface area contributed by atoms with E-state index in [1.807, 2.05) is 4.90 Å². The molecule has 3 aliphatic heterocycles. The van der Waals surface area contributed by atoms with E-state index in [1.165, 1.54) is 33.4 Å². The summed E-state index contributed by atoms with van der Waals surface area (Å²) in [7, 11) is 0. The van der Waals surface area contributed by atoms with Gasteiger partial charge in [-0.3, -0.25) is 4.90 Å². The number of hydrogen-bond acceptors (Lipinski definition) is 4. The number of hydrogen-bond donors (Lipinski definition) is 0. The lowest BCUT2D eigenvalue weighted by Crippen LogP contribution is -2.43. The van der Waals surface area contributed by atoms with Crippen LogP contribution in [-0.2, 0) is 14.2 Å². The van der Waals surface area contributed by atoms with Gasteiger partial charge in [0, 0.05) is 17.5 Å². The smallest absolute Gasteiger partial charge is 0.410 e. The highest BCUT2D eigenvalue weighted by molar-refractivity contribution is 5.79. The summed E-state index contributed by atoms with van der Waals surface area (Å²) in [5.41, 5.74) is 8.55. The second-order valence-corrected chi connectivity index (χ2v) is 10.1. The second-order valence-electron chi connectivity index (χ2n) is 10.1. The van der Waals surface area contributed by atoms with Gasteiger partial charge in [0.2, 0.25) is 0 Å². The van der Waals surface area contributed by atoms with E-state index in [2.05, 4.69) is 78.9 Å². The number of amides is 1. The van der Waals surface area contributed by atoms with Gasteiger partial charge < -0.3 is 14.2 Å². The second kappa shape index (κ2) is 8.91. The van der Waals surface area contributed by atoms with Crippen molar-refractivity contribution in [2.75, 3.05) is 19.8 Å². The summed E-state index contributed by atoms with van der Waals surface area (Å²) in [4.78, 5) is 15.3. The summed E-state index contributed by atoms with van der Waals surface area (Å²) in [5, 5.41) is 0. The van der Waals surface area contributed by atoms with E-state index >= 15 is 0 Å². The van der Waals surface area contributed by atoms with Gasteiger partial charge in [-0.05, 0) is 52.7 Å². The van der Waals surface area contributed by atoms with E-state index in [0.717, 1.165) is 24.8 Å². The first-order chi connectivity index (χ1) is 17.8. The first-order valence-corrected chi connectivity index (χ1v) is 12.9. The highest BCUT2D eigenvalue weighted by Crippen LogP contribution is 2.45. The maximum Gasteiger partial charge on any atom is 0.410 e. The Hall–Kier alpha value is -3.41. The molecule has 5 heteroatoms. The Kier molecular flexibility index (Phi) is 5.41. The standard InChI is InChI=1S/C31H29NO4/c33-31(36-19-29-27-7-3-1-5-25(27)26-6-2-4-8-28(26)29)32-23-13-14-24(32)18-22(17-23)20-9-11-21(12-10-20)30-34-15-16-35-30/h1-12,17,23-24,29-30H,13-16,18-19H2. The van der Waals surface area contributed by atoms with Crippen LogP contribution in [0, 0.1) is 0 Å². The highest BCUT2D eigenvalue weighted by atomic mass is 16.7. The monoisotopic (exact) mass is 479 g/mol. The average molecular weight is 480 g/mol. The van der Waals surface area contributed by atoms with Gasteiger partial charge in [-0.2, -0.15) is 0 Å². The number of rotatable bonds is 4. The third kappa shape index (κ3) is 3.66. The van der Waals surface area contributed by atoms with Crippen LogP contribution in [0.1, 0.15) is 53.7 Å². The molecule has 0 aromatic heterocycles. The van der Waals surface area contributed by atoms with Crippen molar-refractivity contribution in [1.82, 2.24) is 4.90 Å². The van der Waals surface area contributed by atoms with E-state index in [9.17, 15) is 4.79 Å². The van der Waals surface area contributed by atoms with Gasteiger partial charge >= 0.3 is 6.09 Å². The quantitative estimate of drug-likeness (QED) is 0.441. The fourth-order valence-corrected chi connectivity index (χ4v) is 6.40. The van der Waals surface area contributed by atoms with Crippen LogP contribution in [0.3, 0.4) is 0 Å². The van der Waals surface area contributed by atoms with E-state index in [-0.39, 0.29) is 30.4 Å². The Morgan fingerprint density at radius 3 is 2.19 bits per heavy atom. The number of fused-ring (bicyclic) bond motifs is 5. The zero-order chi connectivity index (χ0) is 24.1. The average Bonchev–Trinajstić information content (AvgIpc) is 3.63. The van der Waals surface area contributed by atoms with Gasteiger partial charge in [0.15, 0.2) is 6.29 Å². The molecule has 0 spiro atoms. The zero-order valence-corrected chi connectivity index (χ0v) is 20.1. The Bertz CT molecular complexity index is 1280. The Morgan fingerprint density at radius 2 is 1.53 bits per heavy atom. The van der Waals surface area contributed by atoms with E-state index in [1.54, 1.807) is 0 Å². The van der Waals surface area contributed by atoms with Gasteiger partial charge in [-0.25, -0.2) is 4.79 Å². The fraction of sp³-hybridized carbons (Fsp3) is 0.323. The van der Waals surface area contributed by atoms with Gasteiger partial charge in [-0.15, -0.1) is 0 Å². The minimum atomic E-state index is -0.250. The van der Waals surface area contributed by atoms with Gasteiger partial charge in [-0.1, -0.05) is 78.9 Å². The van der Waals surface area contributed by atoms with Crippen LogP contribution < -0.4 is 0 Å². The SMILES string of the molecule is O=C(OCC1c2ccccc2-c2ccccc21)N1C2C=C(c3ccc(C4OCCO4)cc3)CC1CC2. The molecule has 0 saturated carbocycles. The van der Waals surface area contributed by atoms with E-state index in [4.69, 9.17) is 14.2 Å². The predicted octanol–water partition coefficient (Wildman–Crippen LogP) is 6.30. The van der Waals surface area contributed by atoms with Crippen LogP contribution >= 0.6 is 0 Å². The zero-order valence-electron chi connectivity index (χ0n) is 20.1. The van der Waals surface area contributed by atoms with Gasteiger partial charge in [0.1, 0.15) is 6.61 Å². The topological polar surface area (TPSA) is 48.0 Å². The maximum absolute atomic E-state index is 13.3. The first-order valence-electron chi connectivity index (χ1n) is 12.9. The summed E-state index contributed by atoms with van der Waals surface area (Å²) in [6, 6.07) is 25.7. The van der Waals surface area contributed by atoms with Crippen molar-refractivity contribution >= 4 is 11.7 Å². The van der Waals surface area contributed by atoms with Crippen molar-refractivity contribution in [2.45, 2.75) is 43.6 Å². The molecule has 4 aliphatic rings. The lowest BCUT2D eigenvalue weighted by Gasteiger charge is -2.33. The number of ether oxygens (including phenoxy) is 3. The van der Waals surface area contributed by atoms with Gasteiger partial charge in [0.05, 0.1) is 19.3 Å². The molecule has 7 rings (SSSR count). The number of carbonyl (C=O) groups is 1. The van der Waals surface area contributed by atoms with E-state index < -0.39 is 0 Å². The van der Waals surface area contributed by atoms with Gasteiger partial charge in [0.25, 0.3) is 0 Å². The van der Waals surface area contributed by atoms with Crippen LogP contribution in [0.5, 0.6) is 0 Å². The number of nitrogens with zero attached hydrogens (tertiary/aromatic N) is 1. The molecule has 5 nitrogen and oxygen atoms in total. The molecule has 2 fully saturated rings. The minimum Gasteiger partial charge on any atom is -0.448 e. The molecule has 0 N–H and O–H groups in total. The molecule has 2 unspecified atom stereocenters. The normalized spacial score (nSPS) is 22.9. The molecule has 36 heavy (non-hydrogen) atoms. The predicted molar refractivity (Wildman–Crippen MR) is 137 cm³/mol. The Labute approximate surface area is 211 Å². The molecule has 0 radical (unpaired) electrons. The first kappa shape index (κ1) is 21.8. The molecule has 2 saturated heterocycles. The van der Waals surface area contributed by atoms with E-state index in [0.29, 0.717) is 19.8 Å². The third-order valence-corrected chi connectivity index (χ3v) is 8.12. The van der Waals surface area contributed by atoms with Crippen molar-refractivity contribution in [1.29, 1.82) is 0 Å². The van der Waals surface area contributed by atoms with Crippen LogP contribution in [0.25, 0.3) is 16.7 Å². The van der Waals surface area contributed by atoms with Crippen molar-refractivity contribution in [3.05, 3.63) is 101 Å². The molecule has 182 valence electrons. The molecule has 3 aromatic carbocycles. The maximum atomic E-state index is 13.3. The molecule has 3 aromatic rings. The summed E-state index contributed by atoms with van der Waals surface area (Å²) in [6.07, 6.45) is 4.68. The lowest BCUT2D eigenvalue weighted by atomic mass is 9.94. The molecule has 2 bridgehead atoms. The highest BCUT2D eigenvalue weighted by Gasteiger charge is 2.41. The third-order valence-electron chi connectivity index (χ3n) is 8.12.